The Hall–Kier alpha value is -1.56. The zero-order valence-corrected chi connectivity index (χ0v) is 9.84. The molecule has 0 aliphatic rings. The molecule has 0 fully saturated rings. The Kier molecular flexibility index (Phi) is 4.78. The van der Waals surface area contributed by atoms with Crippen LogP contribution in [0.5, 0.6) is 0 Å². The SMILES string of the molecule is CNc1ncc(Cl)c(NCCC(=O)OC)n1. The predicted octanol–water partition coefficient (Wildman–Crippen LogP) is 1.15. The van der Waals surface area contributed by atoms with E-state index in [0.29, 0.717) is 23.3 Å². The first-order valence-corrected chi connectivity index (χ1v) is 5.06. The Morgan fingerprint density at radius 1 is 1.62 bits per heavy atom. The third-order valence-corrected chi connectivity index (χ3v) is 2.09. The number of hydrogen-bond acceptors (Lipinski definition) is 6. The highest BCUT2D eigenvalue weighted by Gasteiger charge is 2.05. The van der Waals surface area contributed by atoms with Crippen molar-refractivity contribution < 1.29 is 9.53 Å². The van der Waals surface area contributed by atoms with Gasteiger partial charge in [-0.1, -0.05) is 11.6 Å². The van der Waals surface area contributed by atoms with E-state index in [1.165, 1.54) is 13.3 Å². The molecule has 0 amide bonds. The molecule has 6 nitrogen and oxygen atoms in total. The van der Waals surface area contributed by atoms with Crippen LogP contribution in [0.1, 0.15) is 6.42 Å². The zero-order valence-electron chi connectivity index (χ0n) is 9.08. The van der Waals surface area contributed by atoms with E-state index in [1.54, 1.807) is 7.05 Å². The van der Waals surface area contributed by atoms with Crippen molar-refractivity contribution in [3.8, 4) is 0 Å². The molecule has 0 aromatic carbocycles. The summed E-state index contributed by atoms with van der Waals surface area (Å²) in [5.74, 6) is 0.668. The molecule has 1 aromatic rings. The Bertz CT molecular complexity index is 373. The van der Waals surface area contributed by atoms with Gasteiger partial charge in [-0.25, -0.2) is 4.98 Å². The molecule has 0 saturated heterocycles. The van der Waals surface area contributed by atoms with Gasteiger partial charge >= 0.3 is 5.97 Å². The summed E-state index contributed by atoms with van der Waals surface area (Å²) < 4.78 is 4.51. The summed E-state index contributed by atoms with van der Waals surface area (Å²) in [6.07, 6.45) is 1.74. The van der Waals surface area contributed by atoms with Crippen molar-refractivity contribution in [3.63, 3.8) is 0 Å². The van der Waals surface area contributed by atoms with Crippen molar-refractivity contribution in [2.24, 2.45) is 0 Å². The van der Waals surface area contributed by atoms with Crippen LogP contribution in [0.4, 0.5) is 11.8 Å². The minimum atomic E-state index is -0.286. The van der Waals surface area contributed by atoms with Gasteiger partial charge in [0.25, 0.3) is 0 Å². The largest absolute Gasteiger partial charge is 0.469 e. The lowest BCUT2D eigenvalue weighted by atomic mass is 10.4. The maximum Gasteiger partial charge on any atom is 0.307 e. The van der Waals surface area contributed by atoms with Gasteiger partial charge in [0.05, 0.1) is 19.7 Å². The summed E-state index contributed by atoms with van der Waals surface area (Å²) in [6.45, 7) is 0.409. The number of halogens is 1. The van der Waals surface area contributed by atoms with E-state index in [1.807, 2.05) is 0 Å². The van der Waals surface area contributed by atoms with E-state index in [2.05, 4.69) is 25.3 Å². The third-order valence-electron chi connectivity index (χ3n) is 1.82. The average Bonchev–Trinajstić information content (AvgIpc) is 2.31. The third kappa shape index (κ3) is 3.54. The van der Waals surface area contributed by atoms with Crippen LogP contribution in [0, 0.1) is 0 Å². The lowest BCUT2D eigenvalue weighted by Crippen LogP contribution is -2.11. The molecule has 1 aromatic heterocycles. The number of ether oxygens (including phenoxy) is 1. The van der Waals surface area contributed by atoms with Crippen molar-refractivity contribution in [2.75, 3.05) is 31.3 Å². The van der Waals surface area contributed by atoms with Crippen LogP contribution in [0.3, 0.4) is 0 Å². The number of carbonyl (C=O) groups excluding carboxylic acids is 1. The molecule has 0 saturated carbocycles. The predicted molar refractivity (Wildman–Crippen MR) is 61.7 cm³/mol. The molecule has 88 valence electrons. The van der Waals surface area contributed by atoms with Gasteiger partial charge in [0.15, 0.2) is 5.82 Å². The standard InChI is InChI=1S/C9H13ClN4O2/c1-11-9-13-5-6(10)8(14-9)12-4-3-7(15)16-2/h5H,3-4H2,1-2H3,(H2,11,12,13,14). The minimum absolute atomic E-state index is 0.256. The van der Waals surface area contributed by atoms with E-state index in [4.69, 9.17) is 11.6 Å². The highest BCUT2D eigenvalue weighted by atomic mass is 35.5. The highest BCUT2D eigenvalue weighted by molar-refractivity contribution is 6.32. The molecule has 0 aliphatic carbocycles. The summed E-state index contributed by atoms with van der Waals surface area (Å²) in [5, 5.41) is 6.13. The van der Waals surface area contributed by atoms with E-state index in [9.17, 15) is 4.79 Å². The first-order valence-electron chi connectivity index (χ1n) is 4.68. The number of methoxy groups -OCH3 is 1. The second-order valence-corrected chi connectivity index (χ2v) is 3.30. The lowest BCUT2D eigenvalue weighted by molar-refractivity contribution is -0.140. The molecule has 16 heavy (non-hydrogen) atoms. The smallest absolute Gasteiger partial charge is 0.307 e. The van der Waals surface area contributed by atoms with Crippen LogP contribution in [0.2, 0.25) is 5.02 Å². The summed E-state index contributed by atoms with van der Waals surface area (Å²) in [6, 6.07) is 0. The first kappa shape index (κ1) is 12.5. The van der Waals surface area contributed by atoms with Crippen LogP contribution in [0.15, 0.2) is 6.20 Å². The van der Waals surface area contributed by atoms with Crippen molar-refractivity contribution >= 4 is 29.3 Å². The normalized spacial score (nSPS) is 9.69. The van der Waals surface area contributed by atoms with Crippen LogP contribution < -0.4 is 10.6 Å². The number of rotatable bonds is 5. The lowest BCUT2D eigenvalue weighted by Gasteiger charge is -2.07. The van der Waals surface area contributed by atoms with Crippen LogP contribution >= 0.6 is 11.6 Å². The molecule has 0 radical (unpaired) electrons. The van der Waals surface area contributed by atoms with Crippen LogP contribution in [0.25, 0.3) is 0 Å². The molecule has 1 heterocycles. The van der Waals surface area contributed by atoms with Crippen molar-refractivity contribution in [2.45, 2.75) is 6.42 Å². The Morgan fingerprint density at radius 3 is 3.00 bits per heavy atom. The molecule has 0 unspecified atom stereocenters. The molecule has 1 rings (SSSR count). The molecule has 7 heteroatoms. The number of esters is 1. The summed E-state index contributed by atoms with van der Waals surface area (Å²) in [5.41, 5.74) is 0. The van der Waals surface area contributed by atoms with Gasteiger partial charge in [-0.15, -0.1) is 0 Å². The Balaban J connectivity index is 2.55. The fraction of sp³-hybridized carbons (Fsp3) is 0.444. The van der Waals surface area contributed by atoms with E-state index in [-0.39, 0.29) is 12.4 Å². The molecular weight excluding hydrogens is 232 g/mol. The second kappa shape index (κ2) is 6.12. The van der Waals surface area contributed by atoms with E-state index >= 15 is 0 Å². The summed E-state index contributed by atoms with van der Waals surface area (Å²) in [7, 11) is 3.06. The van der Waals surface area contributed by atoms with Gasteiger partial charge in [-0.3, -0.25) is 4.79 Å². The first-order chi connectivity index (χ1) is 7.67. The number of carbonyl (C=O) groups is 1. The van der Waals surface area contributed by atoms with Gasteiger partial charge < -0.3 is 15.4 Å². The fourth-order valence-corrected chi connectivity index (χ4v) is 1.15. The summed E-state index contributed by atoms with van der Waals surface area (Å²) >= 11 is 5.87. The van der Waals surface area contributed by atoms with Gasteiger partial charge in [-0.05, 0) is 0 Å². The molecule has 2 N–H and O–H groups in total. The number of hydrogen-bond donors (Lipinski definition) is 2. The minimum Gasteiger partial charge on any atom is -0.469 e. The van der Waals surface area contributed by atoms with Gasteiger partial charge in [0.1, 0.15) is 5.02 Å². The highest BCUT2D eigenvalue weighted by Crippen LogP contribution is 2.18. The topological polar surface area (TPSA) is 76.1 Å². The Morgan fingerprint density at radius 2 is 2.38 bits per heavy atom. The van der Waals surface area contributed by atoms with E-state index < -0.39 is 0 Å². The molecule has 0 aliphatic heterocycles. The monoisotopic (exact) mass is 244 g/mol. The summed E-state index contributed by atoms with van der Waals surface area (Å²) in [4.78, 5) is 18.9. The molecule has 0 spiro atoms. The maximum atomic E-state index is 10.9. The zero-order chi connectivity index (χ0) is 12.0. The fourth-order valence-electron chi connectivity index (χ4n) is 0.997. The maximum absolute atomic E-state index is 10.9. The van der Waals surface area contributed by atoms with Gasteiger partial charge in [-0.2, -0.15) is 4.98 Å². The second-order valence-electron chi connectivity index (χ2n) is 2.89. The molecule has 0 atom stereocenters. The molecule has 0 bridgehead atoms. The van der Waals surface area contributed by atoms with Crippen molar-refractivity contribution in [1.29, 1.82) is 0 Å². The average molecular weight is 245 g/mol. The number of aromatic nitrogens is 2. The quantitative estimate of drug-likeness (QED) is 0.757. The van der Waals surface area contributed by atoms with Crippen LogP contribution in [-0.2, 0) is 9.53 Å². The molecular formula is C9H13ClN4O2. The Labute approximate surface area is 98.4 Å². The van der Waals surface area contributed by atoms with Crippen LogP contribution in [-0.4, -0.2) is 36.6 Å². The van der Waals surface area contributed by atoms with Gasteiger partial charge in [0.2, 0.25) is 5.95 Å². The number of nitrogens with zero attached hydrogens (tertiary/aromatic N) is 2. The van der Waals surface area contributed by atoms with Gasteiger partial charge in [0, 0.05) is 13.6 Å². The van der Waals surface area contributed by atoms with Crippen molar-refractivity contribution in [1.82, 2.24) is 9.97 Å². The van der Waals surface area contributed by atoms with E-state index in [0.717, 1.165) is 0 Å². The number of anilines is 2. The number of nitrogens with one attached hydrogen (secondary N) is 2. The van der Waals surface area contributed by atoms with Crippen molar-refractivity contribution in [3.05, 3.63) is 11.2 Å².